The number of hydrogen-bond donors (Lipinski definition) is 2. The van der Waals surface area contributed by atoms with Gasteiger partial charge in [0.25, 0.3) is 0 Å². The van der Waals surface area contributed by atoms with Crippen molar-refractivity contribution < 1.29 is 19.1 Å². The van der Waals surface area contributed by atoms with E-state index in [1.54, 1.807) is 24.3 Å². The predicted molar refractivity (Wildman–Crippen MR) is 142 cm³/mol. The Morgan fingerprint density at radius 3 is 2.57 bits per heavy atom. The highest BCUT2D eigenvalue weighted by molar-refractivity contribution is 9.10. The van der Waals surface area contributed by atoms with Crippen molar-refractivity contribution in [3.05, 3.63) is 85.8 Å². The molecule has 0 heterocycles. The molecule has 0 saturated heterocycles. The van der Waals surface area contributed by atoms with Crippen LogP contribution in [0.15, 0.2) is 64.2 Å². The Bertz CT molecular complexity index is 1270. The van der Waals surface area contributed by atoms with Crippen molar-refractivity contribution in [2.45, 2.75) is 20.5 Å². The van der Waals surface area contributed by atoms with Crippen molar-refractivity contribution in [2.24, 2.45) is 5.10 Å². The average Bonchev–Trinajstić information content (AvgIpc) is 2.81. The number of nitrogens with zero attached hydrogens (tertiary/aromatic N) is 1. The van der Waals surface area contributed by atoms with Crippen LogP contribution in [-0.4, -0.2) is 24.6 Å². The summed E-state index contributed by atoms with van der Waals surface area (Å²) in [5.74, 6) is -0.857. The highest BCUT2D eigenvalue weighted by Gasteiger charge is 2.16. The first-order valence-corrected chi connectivity index (χ1v) is 12.1. The molecular formula is C25H22BrCl2N3O4. The van der Waals surface area contributed by atoms with E-state index >= 15 is 0 Å². The maximum Gasteiger partial charge on any atom is 0.329 e. The van der Waals surface area contributed by atoms with Gasteiger partial charge in [-0.25, -0.2) is 5.43 Å². The Labute approximate surface area is 221 Å². The van der Waals surface area contributed by atoms with Crippen molar-refractivity contribution in [3.63, 3.8) is 0 Å². The second-order valence-electron chi connectivity index (χ2n) is 7.30. The van der Waals surface area contributed by atoms with E-state index in [-0.39, 0.29) is 15.7 Å². The second-order valence-corrected chi connectivity index (χ2v) is 8.93. The molecule has 0 fully saturated rings. The number of halogens is 3. The van der Waals surface area contributed by atoms with E-state index < -0.39 is 11.8 Å². The third-order valence-corrected chi connectivity index (χ3v) is 5.99. The summed E-state index contributed by atoms with van der Waals surface area (Å²) in [6.45, 7) is 4.68. The van der Waals surface area contributed by atoms with Gasteiger partial charge in [0.1, 0.15) is 6.61 Å². The van der Waals surface area contributed by atoms with E-state index in [1.807, 2.05) is 32.0 Å². The molecule has 0 atom stereocenters. The molecule has 182 valence electrons. The fraction of sp³-hybridized carbons (Fsp3) is 0.160. The lowest BCUT2D eigenvalue weighted by Gasteiger charge is -2.15. The number of aryl methyl sites for hydroxylation is 1. The molecule has 0 spiro atoms. The highest BCUT2D eigenvalue weighted by atomic mass is 79.9. The summed E-state index contributed by atoms with van der Waals surface area (Å²) in [6, 6.07) is 16.2. The molecule has 0 aliphatic heterocycles. The zero-order valence-corrected chi connectivity index (χ0v) is 22.0. The topological polar surface area (TPSA) is 89.0 Å². The highest BCUT2D eigenvalue weighted by Crippen LogP contribution is 2.37. The van der Waals surface area contributed by atoms with E-state index in [2.05, 4.69) is 37.8 Å². The first-order valence-electron chi connectivity index (χ1n) is 10.5. The molecule has 0 unspecified atom stereocenters. The number of hydrazone groups is 1. The maximum absolute atomic E-state index is 12.1. The van der Waals surface area contributed by atoms with Gasteiger partial charge in [-0.2, -0.15) is 5.10 Å². The van der Waals surface area contributed by atoms with E-state index in [9.17, 15) is 9.59 Å². The van der Waals surface area contributed by atoms with Crippen LogP contribution in [0.3, 0.4) is 0 Å². The standard InChI is InChI=1S/C25H22BrCl2N3O4/c1-3-34-21-12-17(11-18(26)23(21)35-14-16-7-4-6-15(2)10-16)13-29-31-25(33)24(32)30-20-9-5-8-19(27)22(20)28/h4-13H,3,14H2,1-2H3,(H,30,32)(H,31,33)/b29-13+. The van der Waals surface area contributed by atoms with Crippen LogP contribution in [0.25, 0.3) is 0 Å². The van der Waals surface area contributed by atoms with Gasteiger partial charge < -0.3 is 14.8 Å². The number of benzene rings is 3. The van der Waals surface area contributed by atoms with Gasteiger partial charge in [0.05, 0.1) is 33.0 Å². The number of carbonyl (C=O) groups is 2. The van der Waals surface area contributed by atoms with Crippen molar-refractivity contribution in [1.82, 2.24) is 5.43 Å². The lowest BCUT2D eigenvalue weighted by Crippen LogP contribution is -2.32. The number of hydrogen-bond acceptors (Lipinski definition) is 5. The molecule has 7 nitrogen and oxygen atoms in total. The summed E-state index contributed by atoms with van der Waals surface area (Å²) in [5, 5.41) is 6.64. The minimum atomic E-state index is -0.973. The molecule has 10 heteroatoms. The first kappa shape index (κ1) is 26.5. The molecule has 0 radical (unpaired) electrons. The summed E-state index contributed by atoms with van der Waals surface area (Å²) in [5.41, 5.74) is 5.19. The van der Waals surface area contributed by atoms with Gasteiger partial charge in [-0.1, -0.05) is 59.1 Å². The monoisotopic (exact) mass is 577 g/mol. The minimum Gasteiger partial charge on any atom is -0.490 e. The van der Waals surface area contributed by atoms with Crippen LogP contribution in [0.1, 0.15) is 23.6 Å². The van der Waals surface area contributed by atoms with E-state index in [1.165, 1.54) is 12.3 Å². The SMILES string of the molecule is CCOc1cc(/C=N/NC(=O)C(=O)Nc2cccc(Cl)c2Cl)cc(Br)c1OCc1cccc(C)c1. The molecule has 35 heavy (non-hydrogen) atoms. The molecule has 0 bridgehead atoms. The minimum absolute atomic E-state index is 0.136. The summed E-state index contributed by atoms with van der Waals surface area (Å²) in [6.07, 6.45) is 1.38. The smallest absolute Gasteiger partial charge is 0.329 e. The van der Waals surface area contributed by atoms with Crippen molar-refractivity contribution in [3.8, 4) is 11.5 Å². The fourth-order valence-corrected chi connectivity index (χ4v) is 3.94. The van der Waals surface area contributed by atoms with Crippen LogP contribution in [-0.2, 0) is 16.2 Å². The number of amides is 2. The third kappa shape index (κ3) is 7.45. The normalized spacial score (nSPS) is 10.8. The van der Waals surface area contributed by atoms with Crippen LogP contribution in [0.2, 0.25) is 10.0 Å². The van der Waals surface area contributed by atoms with Crippen LogP contribution in [0, 0.1) is 6.92 Å². The van der Waals surface area contributed by atoms with E-state index in [4.69, 9.17) is 32.7 Å². The lowest BCUT2D eigenvalue weighted by molar-refractivity contribution is -0.136. The fourth-order valence-electron chi connectivity index (χ4n) is 3.02. The second kappa shape index (κ2) is 12.6. The number of nitrogens with one attached hydrogen (secondary N) is 2. The Hall–Kier alpha value is -3.07. The van der Waals surface area contributed by atoms with Crippen molar-refractivity contribution in [1.29, 1.82) is 0 Å². The van der Waals surface area contributed by atoms with Crippen LogP contribution >= 0.6 is 39.1 Å². The van der Waals surface area contributed by atoms with Gasteiger partial charge in [-0.15, -0.1) is 0 Å². The predicted octanol–water partition coefficient (Wildman–Crippen LogP) is 6.13. The zero-order chi connectivity index (χ0) is 25.4. The molecule has 0 aliphatic carbocycles. The number of carbonyl (C=O) groups excluding carboxylic acids is 2. The molecule has 0 aliphatic rings. The summed E-state index contributed by atoms with van der Waals surface area (Å²) in [7, 11) is 0. The Balaban J connectivity index is 1.66. The largest absolute Gasteiger partial charge is 0.490 e. The number of anilines is 1. The average molecular weight is 579 g/mol. The summed E-state index contributed by atoms with van der Waals surface area (Å²) < 4.78 is 12.4. The quantitative estimate of drug-likeness (QED) is 0.191. The molecule has 2 amide bonds. The Kier molecular flexibility index (Phi) is 9.54. The van der Waals surface area contributed by atoms with Crippen LogP contribution in [0.5, 0.6) is 11.5 Å². The van der Waals surface area contributed by atoms with Gasteiger partial charge in [0.15, 0.2) is 11.5 Å². The Morgan fingerprint density at radius 1 is 1.06 bits per heavy atom. The molecule has 0 aromatic heterocycles. The number of rotatable bonds is 8. The van der Waals surface area contributed by atoms with E-state index in [0.29, 0.717) is 34.7 Å². The van der Waals surface area contributed by atoms with Crippen molar-refractivity contribution >= 4 is 62.8 Å². The van der Waals surface area contributed by atoms with Gasteiger partial charge >= 0.3 is 11.8 Å². The molecular weight excluding hydrogens is 557 g/mol. The maximum atomic E-state index is 12.1. The molecule has 2 N–H and O–H groups in total. The van der Waals surface area contributed by atoms with Gasteiger partial charge in [0, 0.05) is 0 Å². The molecule has 3 aromatic carbocycles. The third-order valence-electron chi connectivity index (χ3n) is 4.58. The summed E-state index contributed by atoms with van der Waals surface area (Å²) >= 11 is 15.4. The van der Waals surface area contributed by atoms with Crippen LogP contribution < -0.4 is 20.2 Å². The first-order chi connectivity index (χ1) is 16.8. The van der Waals surface area contributed by atoms with E-state index in [0.717, 1.165) is 11.1 Å². The van der Waals surface area contributed by atoms with Gasteiger partial charge in [-0.3, -0.25) is 9.59 Å². The van der Waals surface area contributed by atoms with Crippen LogP contribution in [0.4, 0.5) is 5.69 Å². The summed E-state index contributed by atoms with van der Waals surface area (Å²) in [4.78, 5) is 24.2. The number of ether oxygens (including phenoxy) is 2. The Morgan fingerprint density at radius 2 is 1.83 bits per heavy atom. The molecule has 3 rings (SSSR count). The zero-order valence-electron chi connectivity index (χ0n) is 18.9. The van der Waals surface area contributed by atoms with Crippen molar-refractivity contribution in [2.75, 3.05) is 11.9 Å². The molecule has 0 saturated carbocycles. The van der Waals surface area contributed by atoms with Gasteiger partial charge in [0.2, 0.25) is 0 Å². The molecule has 3 aromatic rings. The van der Waals surface area contributed by atoms with Gasteiger partial charge in [-0.05, 0) is 65.2 Å². The lowest BCUT2D eigenvalue weighted by atomic mass is 10.1.